The number of benzene rings is 2. The van der Waals surface area contributed by atoms with Crippen LogP contribution >= 0.6 is 11.6 Å². The summed E-state index contributed by atoms with van der Waals surface area (Å²) in [5, 5.41) is 4.03. The number of halogens is 3. The predicted molar refractivity (Wildman–Crippen MR) is 80.4 cm³/mol. The van der Waals surface area contributed by atoms with Crippen LogP contribution in [-0.2, 0) is 6.54 Å². The molecule has 0 bridgehead atoms. The molecule has 1 N–H and O–H groups in total. The molecule has 3 rings (SSSR count). The van der Waals surface area contributed by atoms with Crippen LogP contribution < -0.4 is 5.32 Å². The molecule has 0 aliphatic heterocycles. The first kappa shape index (κ1) is 14.5. The predicted octanol–water partition coefficient (Wildman–Crippen LogP) is 4.65. The van der Waals surface area contributed by atoms with Crippen molar-refractivity contribution in [3.63, 3.8) is 0 Å². The van der Waals surface area contributed by atoms with E-state index in [0.29, 0.717) is 24.1 Å². The van der Waals surface area contributed by atoms with Crippen molar-refractivity contribution in [3.8, 4) is 0 Å². The maximum absolute atomic E-state index is 13.5. The van der Waals surface area contributed by atoms with E-state index in [0.717, 1.165) is 23.9 Å². The molecule has 0 radical (unpaired) electrons. The molecule has 0 aromatic heterocycles. The highest BCUT2D eigenvalue weighted by Crippen LogP contribution is 2.37. The van der Waals surface area contributed by atoms with Crippen LogP contribution in [0.2, 0.25) is 5.02 Å². The molecule has 2 aromatic carbocycles. The Balaban J connectivity index is 1.52. The molecule has 0 unspecified atom stereocenters. The summed E-state index contributed by atoms with van der Waals surface area (Å²) in [7, 11) is 0. The van der Waals surface area contributed by atoms with E-state index in [1.54, 1.807) is 0 Å². The minimum Gasteiger partial charge on any atom is -0.310 e. The Morgan fingerprint density at radius 2 is 1.90 bits per heavy atom. The average molecular weight is 308 g/mol. The maximum atomic E-state index is 13.5. The lowest BCUT2D eigenvalue weighted by Gasteiger charge is -2.36. The van der Waals surface area contributed by atoms with E-state index in [2.05, 4.69) is 11.4 Å². The second kappa shape index (κ2) is 6.12. The van der Waals surface area contributed by atoms with E-state index >= 15 is 0 Å². The monoisotopic (exact) mass is 307 g/mol. The van der Waals surface area contributed by atoms with Crippen molar-refractivity contribution in [2.75, 3.05) is 0 Å². The van der Waals surface area contributed by atoms with Gasteiger partial charge in [0.25, 0.3) is 0 Å². The Hall–Kier alpha value is -1.45. The Bertz CT molecular complexity index is 638. The molecule has 2 aromatic rings. The average Bonchev–Trinajstić information content (AvgIpc) is 2.41. The summed E-state index contributed by atoms with van der Waals surface area (Å²) >= 11 is 5.99. The van der Waals surface area contributed by atoms with E-state index in [1.165, 1.54) is 17.7 Å². The molecule has 0 spiro atoms. The minimum atomic E-state index is -0.404. The summed E-state index contributed by atoms with van der Waals surface area (Å²) in [5.41, 5.74) is 1.62. The Morgan fingerprint density at radius 3 is 2.67 bits per heavy atom. The van der Waals surface area contributed by atoms with Crippen molar-refractivity contribution in [2.45, 2.75) is 31.3 Å². The van der Waals surface area contributed by atoms with Gasteiger partial charge in [-0.3, -0.25) is 0 Å². The molecule has 1 fully saturated rings. The summed E-state index contributed by atoms with van der Waals surface area (Å²) in [4.78, 5) is 0. The Morgan fingerprint density at radius 1 is 1.10 bits per heavy atom. The topological polar surface area (TPSA) is 12.0 Å². The highest BCUT2D eigenvalue weighted by atomic mass is 35.5. The van der Waals surface area contributed by atoms with Gasteiger partial charge in [-0.15, -0.1) is 0 Å². The lowest BCUT2D eigenvalue weighted by atomic mass is 9.76. The molecule has 1 nitrogen and oxygen atoms in total. The molecular formula is C17H16ClF2N. The largest absolute Gasteiger partial charge is 0.310 e. The molecule has 1 aliphatic carbocycles. The normalized spacial score (nSPS) is 21.1. The third-order valence-electron chi connectivity index (χ3n) is 4.05. The van der Waals surface area contributed by atoms with E-state index in [1.807, 2.05) is 18.2 Å². The molecule has 4 heteroatoms. The Labute approximate surface area is 127 Å². The van der Waals surface area contributed by atoms with Gasteiger partial charge in [0.1, 0.15) is 11.6 Å². The van der Waals surface area contributed by atoms with Gasteiger partial charge in [-0.25, -0.2) is 8.78 Å². The van der Waals surface area contributed by atoms with Crippen LogP contribution in [0.1, 0.15) is 29.9 Å². The van der Waals surface area contributed by atoms with Gasteiger partial charge in [0.2, 0.25) is 0 Å². The fourth-order valence-corrected chi connectivity index (χ4v) is 2.95. The van der Waals surface area contributed by atoms with Crippen LogP contribution in [0.15, 0.2) is 42.5 Å². The standard InChI is InChI=1S/C17H16ClF2N/c18-14-3-1-2-11(6-14)12-8-16(9-12)21-10-13-7-15(19)4-5-17(13)20/h1-7,12,16,21H,8-10H2. The van der Waals surface area contributed by atoms with Crippen molar-refractivity contribution in [1.82, 2.24) is 5.32 Å². The van der Waals surface area contributed by atoms with Crippen molar-refractivity contribution in [2.24, 2.45) is 0 Å². The van der Waals surface area contributed by atoms with Gasteiger partial charge in [0.15, 0.2) is 0 Å². The first-order valence-electron chi connectivity index (χ1n) is 7.04. The van der Waals surface area contributed by atoms with E-state index in [9.17, 15) is 8.78 Å². The molecule has 0 atom stereocenters. The fraction of sp³-hybridized carbons (Fsp3) is 0.294. The van der Waals surface area contributed by atoms with Gasteiger partial charge in [0, 0.05) is 23.2 Å². The van der Waals surface area contributed by atoms with Crippen LogP contribution in [0.5, 0.6) is 0 Å². The lowest BCUT2D eigenvalue weighted by Crippen LogP contribution is -2.39. The summed E-state index contributed by atoms with van der Waals surface area (Å²) in [6, 6.07) is 11.8. The first-order chi connectivity index (χ1) is 10.1. The van der Waals surface area contributed by atoms with Crippen LogP contribution in [0, 0.1) is 11.6 Å². The number of hydrogen-bond acceptors (Lipinski definition) is 1. The molecule has 1 saturated carbocycles. The maximum Gasteiger partial charge on any atom is 0.127 e. The second-order valence-corrected chi connectivity index (χ2v) is 5.97. The summed E-state index contributed by atoms with van der Waals surface area (Å²) in [6.45, 7) is 0.358. The lowest BCUT2D eigenvalue weighted by molar-refractivity contribution is 0.288. The number of hydrogen-bond donors (Lipinski definition) is 1. The van der Waals surface area contributed by atoms with Gasteiger partial charge in [-0.1, -0.05) is 23.7 Å². The van der Waals surface area contributed by atoms with Crippen molar-refractivity contribution in [1.29, 1.82) is 0 Å². The Kier molecular flexibility index (Phi) is 4.22. The molecule has 0 amide bonds. The van der Waals surface area contributed by atoms with Crippen LogP contribution in [0.4, 0.5) is 8.78 Å². The zero-order valence-electron chi connectivity index (χ0n) is 11.5. The van der Waals surface area contributed by atoms with Crippen molar-refractivity contribution >= 4 is 11.6 Å². The number of nitrogens with one attached hydrogen (secondary N) is 1. The van der Waals surface area contributed by atoms with Crippen LogP contribution in [0.25, 0.3) is 0 Å². The zero-order chi connectivity index (χ0) is 14.8. The third-order valence-corrected chi connectivity index (χ3v) is 4.28. The van der Waals surface area contributed by atoms with E-state index in [-0.39, 0.29) is 5.82 Å². The summed E-state index contributed by atoms with van der Waals surface area (Å²) < 4.78 is 26.6. The molecule has 1 aliphatic rings. The minimum absolute atomic E-state index is 0.344. The molecule has 21 heavy (non-hydrogen) atoms. The second-order valence-electron chi connectivity index (χ2n) is 5.54. The van der Waals surface area contributed by atoms with Gasteiger partial charge < -0.3 is 5.32 Å². The van der Waals surface area contributed by atoms with Gasteiger partial charge in [-0.2, -0.15) is 0 Å². The summed E-state index contributed by atoms with van der Waals surface area (Å²) in [5.74, 6) is -0.271. The molecule has 110 valence electrons. The molecular weight excluding hydrogens is 292 g/mol. The summed E-state index contributed by atoms with van der Waals surface area (Å²) in [6.07, 6.45) is 1.99. The molecule has 0 saturated heterocycles. The number of rotatable bonds is 4. The van der Waals surface area contributed by atoms with Gasteiger partial charge in [-0.05, 0) is 54.7 Å². The van der Waals surface area contributed by atoms with E-state index < -0.39 is 5.82 Å². The highest BCUT2D eigenvalue weighted by Gasteiger charge is 2.30. The van der Waals surface area contributed by atoms with Gasteiger partial charge >= 0.3 is 0 Å². The zero-order valence-corrected chi connectivity index (χ0v) is 12.2. The van der Waals surface area contributed by atoms with Crippen LogP contribution in [0.3, 0.4) is 0 Å². The smallest absolute Gasteiger partial charge is 0.127 e. The van der Waals surface area contributed by atoms with Crippen molar-refractivity contribution < 1.29 is 8.78 Å². The fourth-order valence-electron chi connectivity index (χ4n) is 2.75. The highest BCUT2D eigenvalue weighted by molar-refractivity contribution is 6.30. The van der Waals surface area contributed by atoms with Crippen molar-refractivity contribution in [3.05, 3.63) is 70.2 Å². The molecule has 0 heterocycles. The SMILES string of the molecule is Fc1ccc(F)c(CNC2CC(c3cccc(Cl)c3)C2)c1. The first-order valence-corrected chi connectivity index (χ1v) is 7.42. The quantitative estimate of drug-likeness (QED) is 0.866. The van der Waals surface area contributed by atoms with Gasteiger partial charge in [0.05, 0.1) is 0 Å². The van der Waals surface area contributed by atoms with E-state index in [4.69, 9.17) is 11.6 Å². The third kappa shape index (κ3) is 3.42. The van der Waals surface area contributed by atoms with Crippen LogP contribution in [-0.4, -0.2) is 6.04 Å².